The summed E-state index contributed by atoms with van der Waals surface area (Å²) in [5.74, 6) is -0.730. The number of alkyl carbamates (subject to hydrolysis) is 1. The van der Waals surface area contributed by atoms with Gasteiger partial charge >= 0.3 is 12.1 Å². The Morgan fingerprint density at radius 3 is 2.53 bits per heavy atom. The summed E-state index contributed by atoms with van der Waals surface area (Å²) in [6, 6.07) is -0.757. The molecule has 2 N–H and O–H groups in total. The quantitative estimate of drug-likeness (QED) is 0.707. The molecule has 0 aromatic rings. The van der Waals surface area contributed by atoms with Gasteiger partial charge in [0.05, 0.1) is 6.54 Å². The number of carbonyl (C=O) groups excluding carboxylic acids is 3. The van der Waals surface area contributed by atoms with Gasteiger partial charge < -0.3 is 20.1 Å². The van der Waals surface area contributed by atoms with Crippen molar-refractivity contribution < 1.29 is 23.9 Å². The smallest absolute Gasteiger partial charge is 0.408 e. The van der Waals surface area contributed by atoms with Gasteiger partial charge in [-0.1, -0.05) is 0 Å². The number of amides is 2. The first kappa shape index (κ1) is 15.3. The molecule has 7 nitrogen and oxygen atoms in total. The van der Waals surface area contributed by atoms with E-state index in [9.17, 15) is 14.4 Å². The van der Waals surface area contributed by atoms with Gasteiger partial charge in [-0.3, -0.25) is 9.59 Å². The molecule has 1 fully saturated rings. The number of carbonyl (C=O) groups is 3. The van der Waals surface area contributed by atoms with Crippen molar-refractivity contribution in [3.63, 3.8) is 0 Å². The predicted octanol–water partition coefficient (Wildman–Crippen LogP) is 0.331. The monoisotopic (exact) mass is 272 g/mol. The number of esters is 1. The first-order chi connectivity index (χ1) is 8.67. The summed E-state index contributed by atoms with van der Waals surface area (Å²) in [5, 5.41) is 5.03. The Morgan fingerprint density at radius 1 is 1.37 bits per heavy atom. The van der Waals surface area contributed by atoms with Crippen LogP contribution in [0.4, 0.5) is 4.79 Å². The molecule has 1 saturated heterocycles. The lowest BCUT2D eigenvalue weighted by molar-refractivity contribution is -0.149. The van der Waals surface area contributed by atoms with Gasteiger partial charge in [0.15, 0.2) is 0 Å². The van der Waals surface area contributed by atoms with Crippen LogP contribution in [0.25, 0.3) is 0 Å². The highest BCUT2D eigenvalue weighted by Gasteiger charge is 2.32. The predicted molar refractivity (Wildman–Crippen MR) is 66.3 cm³/mol. The van der Waals surface area contributed by atoms with E-state index >= 15 is 0 Å². The summed E-state index contributed by atoms with van der Waals surface area (Å²) in [5.41, 5.74) is -0.634. The molecule has 0 aliphatic carbocycles. The number of ether oxygens (including phenoxy) is 2. The minimum absolute atomic E-state index is 0.241. The highest BCUT2D eigenvalue weighted by Crippen LogP contribution is 2.11. The van der Waals surface area contributed by atoms with Crippen LogP contribution in [0.2, 0.25) is 0 Å². The molecule has 7 heteroatoms. The van der Waals surface area contributed by atoms with Crippen LogP contribution in [-0.4, -0.2) is 42.3 Å². The van der Waals surface area contributed by atoms with E-state index in [-0.39, 0.29) is 18.9 Å². The normalized spacial score (nSPS) is 23.3. The Balaban J connectivity index is 2.53. The molecular weight excluding hydrogens is 252 g/mol. The molecule has 0 unspecified atom stereocenters. The van der Waals surface area contributed by atoms with E-state index in [2.05, 4.69) is 10.6 Å². The van der Waals surface area contributed by atoms with Crippen LogP contribution in [-0.2, 0) is 19.1 Å². The second-order valence-electron chi connectivity index (χ2n) is 5.41. The van der Waals surface area contributed by atoms with Crippen molar-refractivity contribution in [2.45, 2.75) is 51.9 Å². The third kappa shape index (κ3) is 5.58. The molecule has 1 aliphatic rings. The number of hydrogen-bond acceptors (Lipinski definition) is 5. The van der Waals surface area contributed by atoms with Gasteiger partial charge in [-0.2, -0.15) is 0 Å². The van der Waals surface area contributed by atoms with Crippen molar-refractivity contribution in [2.24, 2.45) is 0 Å². The molecule has 1 rings (SSSR count). The molecule has 1 heterocycles. The van der Waals surface area contributed by atoms with Crippen molar-refractivity contribution in [2.75, 3.05) is 6.54 Å². The van der Waals surface area contributed by atoms with E-state index < -0.39 is 29.8 Å². The molecule has 0 aromatic carbocycles. The maximum atomic E-state index is 11.6. The van der Waals surface area contributed by atoms with E-state index in [1.165, 1.54) is 6.92 Å². The molecule has 0 radical (unpaired) electrons. The lowest BCUT2D eigenvalue weighted by Gasteiger charge is -2.29. The third-order valence-corrected chi connectivity index (χ3v) is 2.34. The summed E-state index contributed by atoms with van der Waals surface area (Å²) in [6.07, 6.45) is -0.865. The minimum Gasteiger partial charge on any atom is -0.461 e. The van der Waals surface area contributed by atoms with Gasteiger partial charge in [0.1, 0.15) is 17.7 Å². The molecule has 1 aliphatic heterocycles. The third-order valence-electron chi connectivity index (χ3n) is 2.34. The Labute approximate surface area is 112 Å². The van der Waals surface area contributed by atoms with Gasteiger partial charge in [0.25, 0.3) is 0 Å². The summed E-state index contributed by atoms with van der Waals surface area (Å²) < 4.78 is 10.1. The van der Waals surface area contributed by atoms with Crippen LogP contribution >= 0.6 is 0 Å². The lowest BCUT2D eigenvalue weighted by Crippen LogP contribution is -2.56. The maximum absolute atomic E-state index is 11.6. The van der Waals surface area contributed by atoms with Crippen molar-refractivity contribution in [1.82, 2.24) is 10.6 Å². The zero-order chi connectivity index (χ0) is 14.6. The van der Waals surface area contributed by atoms with Crippen molar-refractivity contribution in [3.05, 3.63) is 0 Å². The number of hydrogen-bond donors (Lipinski definition) is 2. The van der Waals surface area contributed by atoms with Gasteiger partial charge in [0.2, 0.25) is 5.91 Å². The summed E-state index contributed by atoms with van der Waals surface area (Å²) in [6.45, 7) is 6.75. The van der Waals surface area contributed by atoms with Gasteiger partial charge in [0, 0.05) is 13.3 Å². The largest absolute Gasteiger partial charge is 0.461 e. The van der Waals surface area contributed by atoms with Gasteiger partial charge in [-0.15, -0.1) is 0 Å². The summed E-state index contributed by atoms with van der Waals surface area (Å²) in [4.78, 5) is 34.0. The first-order valence-electron chi connectivity index (χ1n) is 6.12. The maximum Gasteiger partial charge on any atom is 0.408 e. The molecule has 19 heavy (non-hydrogen) atoms. The zero-order valence-electron chi connectivity index (χ0n) is 11.6. The van der Waals surface area contributed by atoms with Crippen LogP contribution in [0.3, 0.4) is 0 Å². The van der Waals surface area contributed by atoms with Crippen LogP contribution in [0, 0.1) is 0 Å². The Hall–Kier alpha value is -1.79. The van der Waals surface area contributed by atoms with Crippen LogP contribution in [0.15, 0.2) is 0 Å². The second kappa shape index (κ2) is 5.90. The molecule has 108 valence electrons. The van der Waals surface area contributed by atoms with E-state index in [0.29, 0.717) is 0 Å². The Morgan fingerprint density at radius 2 is 2.00 bits per heavy atom. The van der Waals surface area contributed by atoms with E-state index in [0.717, 1.165) is 0 Å². The summed E-state index contributed by atoms with van der Waals surface area (Å²) in [7, 11) is 0. The average Bonchev–Trinajstić information content (AvgIpc) is 2.19. The van der Waals surface area contributed by atoms with Crippen molar-refractivity contribution in [3.8, 4) is 0 Å². The van der Waals surface area contributed by atoms with Gasteiger partial charge in [-0.05, 0) is 20.8 Å². The molecule has 0 spiro atoms. The Kier molecular flexibility index (Phi) is 4.74. The number of piperidine rings is 1. The fraction of sp³-hybridized carbons (Fsp3) is 0.750. The molecule has 2 atom stereocenters. The molecule has 0 bridgehead atoms. The Bertz CT molecular complexity index is 375. The fourth-order valence-corrected chi connectivity index (χ4v) is 1.69. The van der Waals surface area contributed by atoms with E-state index in [4.69, 9.17) is 9.47 Å². The molecule has 0 aromatic heterocycles. The topological polar surface area (TPSA) is 93.7 Å². The van der Waals surface area contributed by atoms with Crippen molar-refractivity contribution >= 4 is 18.0 Å². The first-order valence-corrected chi connectivity index (χ1v) is 6.12. The summed E-state index contributed by atoms with van der Waals surface area (Å²) >= 11 is 0. The van der Waals surface area contributed by atoms with Crippen LogP contribution in [0.5, 0.6) is 0 Å². The van der Waals surface area contributed by atoms with E-state index in [1.807, 2.05) is 0 Å². The number of rotatable bonds is 2. The fourth-order valence-electron chi connectivity index (χ4n) is 1.69. The van der Waals surface area contributed by atoms with Crippen LogP contribution in [0.1, 0.15) is 34.1 Å². The SMILES string of the molecule is CC(=O)O[C@@H]1CNC(=O)[C@@H](NC(=O)OC(C)(C)C)C1. The molecule has 0 saturated carbocycles. The highest BCUT2D eigenvalue weighted by atomic mass is 16.6. The average molecular weight is 272 g/mol. The standard InChI is InChI=1S/C12H20N2O5/c1-7(15)18-8-5-9(10(16)13-6-8)14-11(17)19-12(2,3)4/h8-9H,5-6H2,1-4H3,(H,13,16)(H,14,17)/t8-,9-/m0/s1. The van der Waals surface area contributed by atoms with E-state index in [1.54, 1.807) is 20.8 Å². The minimum atomic E-state index is -0.757. The lowest BCUT2D eigenvalue weighted by atomic mass is 10.0. The highest BCUT2D eigenvalue weighted by molar-refractivity contribution is 5.86. The number of nitrogens with one attached hydrogen (secondary N) is 2. The molecular formula is C12H20N2O5. The van der Waals surface area contributed by atoms with Crippen LogP contribution < -0.4 is 10.6 Å². The second-order valence-corrected chi connectivity index (χ2v) is 5.41. The van der Waals surface area contributed by atoms with Crippen molar-refractivity contribution in [1.29, 1.82) is 0 Å². The zero-order valence-corrected chi connectivity index (χ0v) is 11.6. The molecule has 2 amide bonds. The van der Waals surface area contributed by atoms with Gasteiger partial charge in [-0.25, -0.2) is 4.79 Å².